The number of methoxy groups -OCH3 is 2. The van der Waals surface area contributed by atoms with E-state index in [1.54, 1.807) is 14.2 Å². The van der Waals surface area contributed by atoms with Crippen molar-refractivity contribution in [2.45, 2.75) is 171 Å². The Kier molecular flexibility index (Phi) is 11.6. The highest BCUT2D eigenvalue weighted by Crippen LogP contribution is 2.72. The average Bonchev–Trinajstić information content (AvgIpc) is 3.64. The van der Waals surface area contributed by atoms with E-state index in [1.165, 1.54) is 0 Å². The summed E-state index contributed by atoms with van der Waals surface area (Å²) in [6.45, 7) is 8.88. The lowest BCUT2D eigenvalue weighted by Crippen LogP contribution is -2.66. The van der Waals surface area contributed by atoms with E-state index < -0.39 is 92.3 Å². The molecule has 0 aromatic heterocycles. The molecule has 8 rings (SSSR count). The van der Waals surface area contributed by atoms with Crippen LogP contribution in [0.5, 0.6) is 0 Å². The molecule has 4 aliphatic carbocycles. The first-order chi connectivity index (χ1) is 26.6. The standard InChI is InChI=1S/C41H68O15/c1-19-7-10-41(51-18-19)20(2)29-26(56-41)14-23-21-13-25(24-15-40(49-5,50-6)12-11-38(24,3)22(21)8-9-39(23,29)4)52-37-34(48)35(31(45)28(17-43)54-37)55-36-33(47)32(46)30(44)27(16-42)53-36/h19-37,42-48H,7-18H2,1-6H3. The zero-order valence-electron chi connectivity index (χ0n) is 33.9. The van der Waals surface area contributed by atoms with Crippen LogP contribution in [0.3, 0.4) is 0 Å². The van der Waals surface area contributed by atoms with Crippen molar-refractivity contribution in [2.24, 2.45) is 52.3 Å². The lowest BCUT2D eigenvalue weighted by Gasteiger charge is -2.64. The molecule has 0 radical (unpaired) electrons. The van der Waals surface area contributed by atoms with Crippen LogP contribution < -0.4 is 0 Å². The van der Waals surface area contributed by atoms with Crippen molar-refractivity contribution in [3.63, 3.8) is 0 Å². The molecule has 8 fully saturated rings. The van der Waals surface area contributed by atoms with Gasteiger partial charge in [0, 0.05) is 39.4 Å². The van der Waals surface area contributed by atoms with Gasteiger partial charge in [-0.2, -0.15) is 0 Å². The molecule has 1 spiro atoms. The van der Waals surface area contributed by atoms with Crippen molar-refractivity contribution >= 4 is 0 Å². The molecule has 15 nitrogen and oxygen atoms in total. The van der Waals surface area contributed by atoms with E-state index in [0.29, 0.717) is 42.4 Å². The van der Waals surface area contributed by atoms with E-state index in [9.17, 15) is 35.7 Å². The molecule has 4 saturated heterocycles. The van der Waals surface area contributed by atoms with Gasteiger partial charge in [-0.15, -0.1) is 0 Å². The first-order valence-corrected chi connectivity index (χ1v) is 21.2. The monoisotopic (exact) mass is 800 g/mol. The fourth-order valence-electron chi connectivity index (χ4n) is 13.7. The quantitative estimate of drug-likeness (QED) is 0.135. The molecule has 22 atom stereocenters. The van der Waals surface area contributed by atoms with E-state index in [4.69, 9.17) is 37.9 Å². The van der Waals surface area contributed by atoms with Crippen LogP contribution in [0.25, 0.3) is 0 Å². The van der Waals surface area contributed by atoms with Crippen LogP contribution in [0.4, 0.5) is 0 Å². The van der Waals surface area contributed by atoms with Gasteiger partial charge in [0.05, 0.1) is 32.0 Å². The minimum absolute atomic E-state index is 0.0453. The van der Waals surface area contributed by atoms with Crippen LogP contribution in [0.15, 0.2) is 0 Å². The molecule has 4 saturated carbocycles. The predicted octanol–water partition coefficient (Wildman–Crippen LogP) is 1.04. The van der Waals surface area contributed by atoms with E-state index in [-0.39, 0.29) is 28.8 Å². The molecule has 4 heterocycles. The first-order valence-electron chi connectivity index (χ1n) is 21.2. The summed E-state index contributed by atoms with van der Waals surface area (Å²) in [4.78, 5) is 0. The maximum absolute atomic E-state index is 11.9. The number of fused-ring (bicyclic) bond motifs is 7. The fourth-order valence-corrected chi connectivity index (χ4v) is 13.7. The molecule has 0 amide bonds. The molecule has 0 aromatic carbocycles. The van der Waals surface area contributed by atoms with Gasteiger partial charge in [-0.05, 0) is 84.9 Å². The first kappa shape index (κ1) is 42.1. The maximum Gasteiger partial charge on any atom is 0.187 e. The Balaban J connectivity index is 1.08. The summed E-state index contributed by atoms with van der Waals surface area (Å²) in [5.41, 5.74) is -0.116. The number of ether oxygens (including phenoxy) is 8. The third-order valence-corrected chi connectivity index (χ3v) is 16.9. The number of aliphatic hydroxyl groups excluding tert-OH is 7. The minimum atomic E-state index is -1.77. The largest absolute Gasteiger partial charge is 0.394 e. The number of hydrogen-bond acceptors (Lipinski definition) is 15. The molecule has 56 heavy (non-hydrogen) atoms. The van der Waals surface area contributed by atoms with Gasteiger partial charge in [-0.1, -0.05) is 27.7 Å². The Morgan fingerprint density at radius 2 is 1.36 bits per heavy atom. The second-order valence-electron chi connectivity index (χ2n) is 19.4. The predicted molar refractivity (Wildman–Crippen MR) is 195 cm³/mol. The van der Waals surface area contributed by atoms with Crippen molar-refractivity contribution in [1.82, 2.24) is 0 Å². The van der Waals surface area contributed by atoms with Gasteiger partial charge in [0.15, 0.2) is 24.2 Å². The topological polar surface area (TPSA) is 215 Å². The summed E-state index contributed by atoms with van der Waals surface area (Å²) in [5, 5.41) is 74.6. The number of hydrogen-bond donors (Lipinski definition) is 7. The third kappa shape index (κ3) is 6.48. The number of rotatable bonds is 8. The SMILES string of the molecule is COC1(OC)CCC2(C)C(C1)C(OC1OC(CO)C(O)C(OC3OC(CO)C(O)C(O)C3O)C1O)CC1C2CCC2(C)C1CC1OC3(CCC(C)CO3)C(C)C12. The summed E-state index contributed by atoms with van der Waals surface area (Å²) >= 11 is 0. The Labute approximate surface area is 330 Å². The van der Waals surface area contributed by atoms with Crippen LogP contribution in [-0.4, -0.2) is 155 Å². The second-order valence-corrected chi connectivity index (χ2v) is 19.4. The molecule has 7 N–H and O–H groups in total. The van der Waals surface area contributed by atoms with Gasteiger partial charge in [-0.3, -0.25) is 0 Å². The summed E-state index contributed by atoms with van der Waals surface area (Å²) in [7, 11) is 3.34. The van der Waals surface area contributed by atoms with E-state index >= 15 is 0 Å². The van der Waals surface area contributed by atoms with Crippen LogP contribution in [0.1, 0.15) is 85.5 Å². The molecule has 8 aliphatic rings. The smallest absolute Gasteiger partial charge is 0.187 e. The lowest BCUT2D eigenvalue weighted by molar-refractivity contribution is -0.371. The summed E-state index contributed by atoms with van der Waals surface area (Å²) in [6, 6.07) is 0. The average molecular weight is 801 g/mol. The van der Waals surface area contributed by atoms with Crippen LogP contribution in [0, 0.1) is 52.3 Å². The summed E-state index contributed by atoms with van der Waals surface area (Å²) in [6.07, 6.45) is -7.57. The second kappa shape index (κ2) is 15.4. The molecular formula is C41H68O15. The lowest BCUT2D eigenvalue weighted by atomic mass is 9.43. The Morgan fingerprint density at radius 1 is 0.679 bits per heavy atom. The highest BCUT2D eigenvalue weighted by atomic mass is 16.7. The molecule has 0 aromatic rings. The molecule has 4 aliphatic heterocycles. The van der Waals surface area contributed by atoms with Crippen LogP contribution in [0.2, 0.25) is 0 Å². The maximum atomic E-state index is 11.9. The molecule has 22 unspecified atom stereocenters. The van der Waals surface area contributed by atoms with Crippen LogP contribution >= 0.6 is 0 Å². The van der Waals surface area contributed by atoms with E-state index in [0.717, 1.165) is 51.6 Å². The summed E-state index contributed by atoms with van der Waals surface area (Å²) in [5.74, 6) is 0.898. The van der Waals surface area contributed by atoms with Gasteiger partial charge in [0.25, 0.3) is 0 Å². The van der Waals surface area contributed by atoms with E-state index in [2.05, 4.69) is 27.7 Å². The normalized spacial score (nSPS) is 56.6. The zero-order valence-corrected chi connectivity index (χ0v) is 33.9. The van der Waals surface area contributed by atoms with Gasteiger partial charge in [-0.25, -0.2) is 0 Å². The van der Waals surface area contributed by atoms with Gasteiger partial charge in [0.2, 0.25) is 0 Å². The van der Waals surface area contributed by atoms with Crippen molar-refractivity contribution in [2.75, 3.05) is 34.0 Å². The Bertz CT molecular complexity index is 1370. The van der Waals surface area contributed by atoms with Gasteiger partial charge < -0.3 is 73.6 Å². The summed E-state index contributed by atoms with van der Waals surface area (Å²) < 4.78 is 50.3. The molecular weight excluding hydrogens is 732 g/mol. The fraction of sp³-hybridized carbons (Fsp3) is 1.00. The highest BCUT2D eigenvalue weighted by Gasteiger charge is 2.71. The van der Waals surface area contributed by atoms with E-state index in [1.807, 2.05) is 0 Å². The Hall–Kier alpha value is -0.600. The van der Waals surface area contributed by atoms with Crippen molar-refractivity contribution in [3.05, 3.63) is 0 Å². The van der Waals surface area contributed by atoms with Crippen LogP contribution in [-0.2, 0) is 37.9 Å². The highest BCUT2D eigenvalue weighted by molar-refractivity contribution is 5.17. The third-order valence-electron chi connectivity index (χ3n) is 16.9. The van der Waals surface area contributed by atoms with Gasteiger partial charge >= 0.3 is 0 Å². The minimum Gasteiger partial charge on any atom is -0.394 e. The molecule has 15 heteroatoms. The molecule has 322 valence electrons. The van der Waals surface area contributed by atoms with Gasteiger partial charge in [0.1, 0.15) is 48.8 Å². The number of aliphatic hydroxyl groups is 7. The molecule has 0 bridgehead atoms. The Morgan fingerprint density at radius 3 is 2.00 bits per heavy atom. The van der Waals surface area contributed by atoms with Crippen molar-refractivity contribution in [3.8, 4) is 0 Å². The van der Waals surface area contributed by atoms with Crippen molar-refractivity contribution < 1.29 is 73.6 Å². The zero-order chi connectivity index (χ0) is 40.1. The van der Waals surface area contributed by atoms with Crippen molar-refractivity contribution in [1.29, 1.82) is 0 Å².